The third-order valence-corrected chi connectivity index (χ3v) is 4.21. The number of aliphatic carboxylic acids is 1. The molecule has 2 aliphatic rings. The molecule has 0 saturated heterocycles. The molecule has 0 radical (unpaired) electrons. The maximum atomic E-state index is 11.4. The van der Waals surface area contributed by atoms with E-state index in [2.05, 4.69) is 43.3 Å². The van der Waals surface area contributed by atoms with Gasteiger partial charge in [0.25, 0.3) is 0 Å². The van der Waals surface area contributed by atoms with E-state index in [9.17, 15) is 9.90 Å². The molecule has 1 fully saturated rings. The van der Waals surface area contributed by atoms with Gasteiger partial charge in [-0.2, -0.15) is 0 Å². The average Bonchev–Trinajstić information content (AvgIpc) is 2.89. The van der Waals surface area contributed by atoms with Gasteiger partial charge in [0, 0.05) is 5.92 Å². The third kappa shape index (κ3) is 1.59. The molecular formula is C15H16O2. The number of benzene rings is 1. The fourth-order valence-corrected chi connectivity index (χ4v) is 3.40. The van der Waals surface area contributed by atoms with E-state index in [1.54, 1.807) is 0 Å². The highest BCUT2D eigenvalue weighted by Gasteiger charge is 2.48. The number of hydrogen-bond acceptors (Lipinski definition) is 1. The van der Waals surface area contributed by atoms with Gasteiger partial charge >= 0.3 is 5.97 Å². The number of rotatable bonds is 2. The van der Waals surface area contributed by atoms with E-state index in [4.69, 9.17) is 0 Å². The number of hydrogen-bond donors (Lipinski definition) is 1. The third-order valence-electron chi connectivity index (χ3n) is 4.21. The van der Waals surface area contributed by atoms with E-state index < -0.39 is 5.97 Å². The Morgan fingerprint density at radius 1 is 1.18 bits per heavy atom. The Labute approximate surface area is 101 Å². The molecular weight excluding hydrogens is 212 g/mol. The van der Waals surface area contributed by atoms with Crippen LogP contribution in [0, 0.1) is 24.7 Å². The quantitative estimate of drug-likeness (QED) is 0.790. The SMILES string of the molecule is Cc1ccc(C2C3C=CC(C3)C2C(=O)O)cc1. The number of allylic oxidation sites excluding steroid dienone is 2. The number of carbonyl (C=O) groups is 1. The largest absolute Gasteiger partial charge is 0.481 e. The van der Waals surface area contributed by atoms with Gasteiger partial charge in [-0.1, -0.05) is 42.0 Å². The Hall–Kier alpha value is -1.57. The molecule has 1 aromatic carbocycles. The Balaban J connectivity index is 1.99. The summed E-state index contributed by atoms with van der Waals surface area (Å²) in [5.41, 5.74) is 2.40. The lowest BCUT2D eigenvalue weighted by Gasteiger charge is -2.25. The fourth-order valence-electron chi connectivity index (χ4n) is 3.40. The van der Waals surface area contributed by atoms with Gasteiger partial charge in [-0.15, -0.1) is 0 Å². The summed E-state index contributed by atoms with van der Waals surface area (Å²) in [6, 6.07) is 8.32. The summed E-state index contributed by atoms with van der Waals surface area (Å²) in [7, 11) is 0. The van der Waals surface area contributed by atoms with Crippen LogP contribution < -0.4 is 0 Å². The molecule has 1 aromatic rings. The van der Waals surface area contributed by atoms with E-state index in [1.807, 2.05) is 0 Å². The summed E-state index contributed by atoms with van der Waals surface area (Å²) < 4.78 is 0. The van der Waals surface area contributed by atoms with E-state index in [0.717, 1.165) is 6.42 Å². The van der Waals surface area contributed by atoms with Crippen LogP contribution in [0.1, 0.15) is 23.5 Å². The molecule has 2 nitrogen and oxygen atoms in total. The smallest absolute Gasteiger partial charge is 0.307 e. The van der Waals surface area contributed by atoms with Crippen LogP contribution in [-0.2, 0) is 4.79 Å². The molecule has 88 valence electrons. The van der Waals surface area contributed by atoms with E-state index in [0.29, 0.717) is 5.92 Å². The van der Waals surface area contributed by atoms with Gasteiger partial charge in [-0.05, 0) is 30.7 Å². The van der Waals surface area contributed by atoms with Gasteiger partial charge < -0.3 is 5.11 Å². The van der Waals surface area contributed by atoms with Crippen LogP contribution >= 0.6 is 0 Å². The Morgan fingerprint density at radius 2 is 1.82 bits per heavy atom. The molecule has 17 heavy (non-hydrogen) atoms. The van der Waals surface area contributed by atoms with Crippen LogP contribution in [0.15, 0.2) is 36.4 Å². The molecule has 0 amide bonds. The number of fused-ring (bicyclic) bond motifs is 2. The van der Waals surface area contributed by atoms with Crippen molar-refractivity contribution in [3.63, 3.8) is 0 Å². The Morgan fingerprint density at radius 3 is 2.47 bits per heavy atom. The van der Waals surface area contributed by atoms with Crippen LogP contribution in [0.25, 0.3) is 0 Å². The van der Waals surface area contributed by atoms with Crippen LogP contribution in [-0.4, -0.2) is 11.1 Å². The van der Waals surface area contributed by atoms with Gasteiger partial charge in [0.15, 0.2) is 0 Å². The van der Waals surface area contributed by atoms with Crippen molar-refractivity contribution < 1.29 is 9.90 Å². The van der Waals surface area contributed by atoms with Crippen LogP contribution in [0.5, 0.6) is 0 Å². The van der Waals surface area contributed by atoms with Gasteiger partial charge in [-0.25, -0.2) is 0 Å². The van der Waals surface area contributed by atoms with E-state index in [1.165, 1.54) is 11.1 Å². The first kappa shape index (κ1) is 10.6. The topological polar surface area (TPSA) is 37.3 Å². The zero-order chi connectivity index (χ0) is 12.0. The minimum Gasteiger partial charge on any atom is -0.481 e. The number of carboxylic acid groups (broad SMARTS) is 1. The highest BCUT2D eigenvalue weighted by Crippen LogP contribution is 2.52. The molecule has 2 heteroatoms. The predicted molar refractivity (Wildman–Crippen MR) is 65.8 cm³/mol. The van der Waals surface area contributed by atoms with Gasteiger partial charge in [0.2, 0.25) is 0 Å². The molecule has 0 aliphatic heterocycles. The summed E-state index contributed by atoms with van der Waals surface area (Å²) >= 11 is 0. The molecule has 4 unspecified atom stereocenters. The van der Waals surface area contributed by atoms with E-state index in [-0.39, 0.29) is 17.8 Å². The van der Waals surface area contributed by atoms with Crippen molar-refractivity contribution in [2.75, 3.05) is 0 Å². The minimum atomic E-state index is -0.646. The van der Waals surface area contributed by atoms with Crippen molar-refractivity contribution in [2.24, 2.45) is 17.8 Å². The zero-order valence-corrected chi connectivity index (χ0v) is 9.84. The standard InChI is InChI=1S/C15H16O2/c1-9-2-4-10(5-3-9)13-11-6-7-12(8-11)14(13)15(16)17/h2-7,11-14H,8H2,1H3,(H,16,17). The highest BCUT2D eigenvalue weighted by molar-refractivity contribution is 5.73. The summed E-state index contributed by atoms with van der Waals surface area (Å²) in [5, 5.41) is 9.39. The zero-order valence-electron chi connectivity index (χ0n) is 9.84. The van der Waals surface area contributed by atoms with Crippen LogP contribution in [0.4, 0.5) is 0 Å². The first-order valence-electron chi connectivity index (χ1n) is 6.14. The fraction of sp³-hybridized carbons (Fsp3) is 0.400. The summed E-state index contributed by atoms with van der Waals surface area (Å²) in [6.45, 7) is 2.05. The number of aryl methyl sites for hydroxylation is 1. The predicted octanol–water partition coefficient (Wildman–Crippen LogP) is 2.99. The van der Waals surface area contributed by atoms with Gasteiger partial charge in [0.1, 0.15) is 0 Å². The summed E-state index contributed by atoms with van der Waals surface area (Å²) in [5.74, 6) is -0.0455. The lowest BCUT2D eigenvalue weighted by molar-refractivity contribution is -0.143. The molecule has 3 rings (SSSR count). The second-order valence-corrected chi connectivity index (χ2v) is 5.25. The Kier molecular flexibility index (Phi) is 2.32. The normalized spacial score (nSPS) is 34.2. The molecule has 0 aromatic heterocycles. The maximum absolute atomic E-state index is 11.4. The summed E-state index contributed by atoms with van der Waals surface area (Å²) in [4.78, 5) is 11.4. The highest BCUT2D eigenvalue weighted by atomic mass is 16.4. The molecule has 0 spiro atoms. The van der Waals surface area contributed by atoms with Crippen LogP contribution in [0.3, 0.4) is 0 Å². The average molecular weight is 228 g/mol. The lowest BCUT2D eigenvalue weighted by atomic mass is 9.78. The molecule has 1 saturated carbocycles. The Bertz CT molecular complexity index is 472. The van der Waals surface area contributed by atoms with Crippen molar-refractivity contribution >= 4 is 5.97 Å². The lowest BCUT2D eigenvalue weighted by Crippen LogP contribution is -2.25. The van der Waals surface area contributed by atoms with Crippen molar-refractivity contribution in [2.45, 2.75) is 19.3 Å². The molecule has 0 heterocycles. The monoisotopic (exact) mass is 228 g/mol. The number of carboxylic acids is 1. The second kappa shape index (κ2) is 3.73. The molecule has 2 aliphatic carbocycles. The van der Waals surface area contributed by atoms with Gasteiger partial charge in [-0.3, -0.25) is 4.79 Å². The molecule has 1 N–H and O–H groups in total. The first-order chi connectivity index (χ1) is 8.16. The maximum Gasteiger partial charge on any atom is 0.307 e. The first-order valence-corrected chi connectivity index (χ1v) is 6.14. The molecule has 4 atom stereocenters. The van der Waals surface area contributed by atoms with Gasteiger partial charge in [0.05, 0.1) is 5.92 Å². The van der Waals surface area contributed by atoms with Crippen LogP contribution in [0.2, 0.25) is 0 Å². The van der Waals surface area contributed by atoms with Crippen molar-refractivity contribution in [3.8, 4) is 0 Å². The van der Waals surface area contributed by atoms with Crippen molar-refractivity contribution in [1.29, 1.82) is 0 Å². The second-order valence-electron chi connectivity index (χ2n) is 5.25. The van der Waals surface area contributed by atoms with Crippen molar-refractivity contribution in [3.05, 3.63) is 47.5 Å². The van der Waals surface area contributed by atoms with E-state index >= 15 is 0 Å². The van der Waals surface area contributed by atoms with Crippen molar-refractivity contribution in [1.82, 2.24) is 0 Å². The molecule has 2 bridgehead atoms. The minimum absolute atomic E-state index is 0.170. The summed E-state index contributed by atoms with van der Waals surface area (Å²) in [6.07, 6.45) is 5.30.